The van der Waals surface area contributed by atoms with Crippen LogP contribution in [0.2, 0.25) is 0 Å². The fraction of sp³-hybridized carbons (Fsp3) is 0.765. The van der Waals surface area contributed by atoms with E-state index in [2.05, 4.69) is 11.7 Å². The molecule has 126 valence electrons. The number of hydrogen-bond acceptors (Lipinski definition) is 5. The van der Waals surface area contributed by atoms with Crippen molar-refractivity contribution in [1.82, 2.24) is 0 Å². The normalized spacial score (nSPS) is 17.3. The van der Waals surface area contributed by atoms with Crippen molar-refractivity contribution in [3.05, 3.63) is 11.6 Å². The molecule has 1 atom stereocenters. The molecule has 0 bridgehead atoms. The van der Waals surface area contributed by atoms with Gasteiger partial charge >= 0.3 is 11.9 Å². The van der Waals surface area contributed by atoms with Gasteiger partial charge in [-0.15, -0.1) is 0 Å². The molecule has 0 aromatic carbocycles. The molecule has 0 aromatic heterocycles. The maximum Gasteiger partial charge on any atom is 0.333 e. The number of unbranched alkanes of at least 4 members (excludes halogenated alkanes) is 8. The monoisotopic (exact) mass is 312 g/mol. The van der Waals surface area contributed by atoms with E-state index in [0.717, 1.165) is 25.3 Å². The highest BCUT2D eigenvalue weighted by Gasteiger charge is 2.24. The Morgan fingerprint density at radius 2 is 1.73 bits per heavy atom. The Bertz CT molecular complexity index is 375. The van der Waals surface area contributed by atoms with Crippen LogP contribution in [0.5, 0.6) is 0 Å². The lowest BCUT2D eigenvalue weighted by Crippen LogP contribution is -2.15. The van der Waals surface area contributed by atoms with E-state index in [4.69, 9.17) is 4.74 Å². The minimum absolute atomic E-state index is 0.0802. The zero-order chi connectivity index (χ0) is 16.2. The Kier molecular flexibility index (Phi) is 9.55. The van der Waals surface area contributed by atoms with Gasteiger partial charge < -0.3 is 14.6 Å². The molecule has 1 rings (SSSR count). The van der Waals surface area contributed by atoms with Crippen LogP contribution in [0.4, 0.5) is 0 Å². The molecule has 5 nitrogen and oxygen atoms in total. The number of aliphatic hydroxyl groups excluding tert-OH is 1. The lowest BCUT2D eigenvalue weighted by atomic mass is 10.1. The lowest BCUT2D eigenvalue weighted by molar-refractivity contribution is -0.152. The topological polar surface area (TPSA) is 72.8 Å². The van der Waals surface area contributed by atoms with E-state index >= 15 is 0 Å². The molecular formula is C17H28O5. The fourth-order valence-corrected chi connectivity index (χ4v) is 2.37. The number of cyclic esters (lactones) is 1. The molecule has 0 aliphatic carbocycles. The summed E-state index contributed by atoms with van der Waals surface area (Å²) >= 11 is 0. The van der Waals surface area contributed by atoms with E-state index < -0.39 is 12.3 Å². The Morgan fingerprint density at radius 1 is 1.14 bits per heavy atom. The van der Waals surface area contributed by atoms with Crippen LogP contribution in [0.25, 0.3) is 0 Å². The van der Waals surface area contributed by atoms with Crippen LogP contribution < -0.4 is 0 Å². The van der Waals surface area contributed by atoms with Crippen molar-refractivity contribution < 1.29 is 24.2 Å². The molecule has 0 saturated carbocycles. The molecule has 0 aromatic rings. The summed E-state index contributed by atoms with van der Waals surface area (Å²) in [5.74, 6) is -0.895. The largest absolute Gasteiger partial charge is 0.461 e. The van der Waals surface area contributed by atoms with E-state index in [9.17, 15) is 14.7 Å². The average molecular weight is 312 g/mol. The molecule has 1 aliphatic rings. The van der Waals surface area contributed by atoms with Crippen LogP contribution in [-0.4, -0.2) is 29.9 Å². The second-order valence-electron chi connectivity index (χ2n) is 5.75. The van der Waals surface area contributed by atoms with Crippen molar-refractivity contribution >= 4 is 11.9 Å². The number of hydrogen-bond donors (Lipinski definition) is 1. The Hall–Kier alpha value is -1.36. The van der Waals surface area contributed by atoms with E-state index in [-0.39, 0.29) is 12.6 Å². The van der Waals surface area contributed by atoms with E-state index in [0.29, 0.717) is 12.0 Å². The minimum Gasteiger partial charge on any atom is -0.461 e. The molecule has 0 radical (unpaired) electrons. The summed E-state index contributed by atoms with van der Waals surface area (Å²) in [4.78, 5) is 22.4. The molecule has 1 unspecified atom stereocenters. The van der Waals surface area contributed by atoms with Crippen LogP contribution in [0, 0.1) is 0 Å². The molecular weight excluding hydrogens is 284 g/mol. The zero-order valence-electron chi connectivity index (χ0n) is 13.5. The summed E-state index contributed by atoms with van der Waals surface area (Å²) in [7, 11) is 0. The first kappa shape index (κ1) is 18.7. The van der Waals surface area contributed by atoms with Crippen molar-refractivity contribution in [2.45, 2.75) is 77.4 Å². The van der Waals surface area contributed by atoms with Gasteiger partial charge in [0.25, 0.3) is 0 Å². The Balaban J connectivity index is 1.93. The summed E-state index contributed by atoms with van der Waals surface area (Å²) in [6.45, 7) is 2.14. The van der Waals surface area contributed by atoms with Gasteiger partial charge in [0, 0.05) is 18.1 Å². The van der Waals surface area contributed by atoms with Crippen molar-refractivity contribution in [3.8, 4) is 0 Å². The summed E-state index contributed by atoms with van der Waals surface area (Å²) in [5.41, 5.74) is 0.297. The molecule has 1 N–H and O–H groups in total. The molecule has 0 spiro atoms. The Morgan fingerprint density at radius 3 is 2.27 bits per heavy atom. The minimum atomic E-state index is -1.27. The van der Waals surface area contributed by atoms with Crippen molar-refractivity contribution in [2.24, 2.45) is 0 Å². The first-order chi connectivity index (χ1) is 10.6. The molecule has 5 heteroatoms. The van der Waals surface area contributed by atoms with Crippen molar-refractivity contribution in [2.75, 3.05) is 6.61 Å². The van der Waals surface area contributed by atoms with Gasteiger partial charge in [-0.3, -0.25) is 4.79 Å². The SMILES string of the molecule is CCCCCCCCCCCC(=O)OCC1=CC(=O)OC1O. The average Bonchev–Trinajstić information content (AvgIpc) is 2.81. The number of carbonyl (C=O) groups is 2. The zero-order valence-corrected chi connectivity index (χ0v) is 13.5. The third-order valence-corrected chi connectivity index (χ3v) is 3.73. The first-order valence-electron chi connectivity index (χ1n) is 8.38. The first-order valence-corrected chi connectivity index (χ1v) is 8.38. The Labute approximate surface area is 132 Å². The van der Waals surface area contributed by atoms with Crippen LogP contribution in [-0.2, 0) is 19.1 Å². The smallest absolute Gasteiger partial charge is 0.333 e. The van der Waals surface area contributed by atoms with Gasteiger partial charge in [-0.2, -0.15) is 0 Å². The fourth-order valence-electron chi connectivity index (χ4n) is 2.37. The van der Waals surface area contributed by atoms with Crippen LogP contribution in [0.3, 0.4) is 0 Å². The summed E-state index contributed by atoms with van der Waals surface area (Å²) in [6.07, 6.45) is 11.1. The highest BCUT2D eigenvalue weighted by Crippen LogP contribution is 2.14. The highest BCUT2D eigenvalue weighted by molar-refractivity contribution is 5.85. The molecule has 0 fully saturated rings. The van der Waals surface area contributed by atoms with E-state index in [1.807, 2.05) is 0 Å². The predicted molar refractivity (Wildman–Crippen MR) is 83.0 cm³/mol. The number of ether oxygens (including phenoxy) is 2. The molecule has 1 heterocycles. The number of rotatable bonds is 12. The van der Waals surface area contributed by atoms with Crippen LogP contribution in [0.15, 0.2) is 11.6 Å². The van der Waals surface area contributed by atoms with Gasteiger partial charge in [0.1, 0.15) is 6.61 Å². The maximum atomic E-state index is 11.5. The summed E-state index contributed by atoms with van der Waals surface area (Å²) < 4.78 is 9.52. The second-order valence-corrected chi connectivity index (χ2v) is 5.75. The molecule has 1 aliphatic heterocycles. The highest BCUT2D eigenvalue weighted by atomic mass is 16.6. The predicted octanol–water partition coefficient (Wildman–Crippen LogP) is 3.25. The molecule has 0 amide bonds. The van der Waals surface area contributed by atoms with E-state index in [1.165, 1.54) is 38.5 Å². The van der Waals surface area contributed by atoms with Crippen LogP contribution >= 0.6 is 0 Å². The molecule has 0 saturated heterocycles. The summed E-state index contributed by atoms with van der Waals surface area (Å²) in [5, 5.41) is 9.32. The lowest BCUT2D eigenvalue weighted by Gasteiger charge is -2.08. The number of esters is 2. The second kappa shape index (κ2) is 11.2. The maximum absolute atomic E-state index is 11.5. The number of aliphatic hydroxyl groups is 1. The third kappa shape index (κ3) is 8.17. The van der Waals surface area contributed by atoms with Gasteiger partial charge in [0.2, 0.25) is 6.29 Å². The van der Waals surface area contributed by atoms with E-state index in [1.54, 1.807) is 0 Å². The van der Waals surface area contributed by atoms with Crippen molar-refractivity contribution in [3.63, 3.8) is 0 Å². The standard InChI is InChI=1S/C17H28O5/c1-2-3-4-5-6-7-8-9-10-11-15(18)21-13-14-12-16(19)22-17(14)20/h12,17,20H,2-11,13H2,1H3. The van der Waals surface area contributed by atoms with Gasteiger partial charge in [-0.25, -0.2) is 4.79 Å². The third-order valence-electron chi connectivity index (χ3n) is 3.73. The van der Waals surface area contributed by atoms with Crippen molar-refractivity contribution in [1.29, 1.82) is 0 Å². The van der Waals surface area contributed by atoms with Gasteiger partial charge in [0.15, 0.2) is 0 Å². The van der Waals surface area contributed by atoms with Crippen LogP contribution in [0.1, 0.15) is 71.1 Å². The van der Waals surface area contributed by atoms with Gasteiger partial charge in [-0.1, -0.05) is 58.3 Å². The quantitative estimate of drug-likeness (QED) is 0.442. The van der Waals surface area contributed by atoms with Gasteiger partial charge in [0.05, 0.1) is 0 Å². The summed E-state index contributed by atoms with van der Waals surface area (Å²) in [6, 6.07) is 0. The number of carbonyl (C=O) groups excluding carboxylic acids is 2. The van der Waals surface area contributed by atoms with Gasteiger partial charge in [-0.05, 0) is 6.42 Å². The molecule has 22 heavy (non-hydrogen) atoms.